The second-order valence-electron chi connectivity index (χ2n) is 4.46. The molecular formula is C15H18O2. The molecule has 0 saturated heterocycles. The molecule has 1 aromatic carbocycles. The predicted octanol–water partition coefficient (Wildman–Crippen LogP) is 3.53. The Hall–Kier alpha value is -1.57. The van der Waals surface area contributed by atoms with Gasteiger partial charge in [-0.15, -0.1) is 0 Å². The lowest BCUT2D eigenvalue weighted by atomic mass is 9.93. The summed E-state index contributed by atoms with van der Waals surface area (Å²) < 4.78 is 5.04. The number of esters is 1. The summed E-state index contributed by atoms with van der Waals surface area (Å²) in [6.45, 7) is 6.53. The Kier molecular flexibility index (Phi) is 3.32. The summed E-state index contributed by atoms with van der Waals surface area (Å²) >= 11 is 0. The third-order valence-electron chi connectivity index (χ3n) is 3.53. The predicted molar refractivity (Wildman–Crippen MR) is 68.7 cm³/mol. The zero-order valence-electron chi connectivity index (χ0n) is 10.6. The van der Waals surface area contributed by atoms with E-state index >= 15 is 0 Å². The SMILES string of the molecule is CCOC(=O)CC1C(C)=C(C)c2ccccc21. The summed E-state index contributed by atoms with van der Waals surface area (Å²) in [4.78, 5) is 11.6. The highest BCUT2D eigenvalue weighted by Gasteiger charge is 2.28. The van der Waals surface area contributed by atoms with Gasteiger partial charge in [-0.3, -0.25) is 4.79 Å². The highest BCUT2D eigenvalue weighted by atomic mass is 16.5. The molecule has 1 atom stereocenters. The molecular weight excluding hydrogens is 212 g/mol. The van der Waals surface area contributed by atoms with Crippen molar-refractivity contribution in [2.45, 2.75) is 33.1 Å². The first-order valence-electron chi connectivity index (χ1n) is 6.07. The number of hydrogen-bond donors (Lipinski definition) is 0. The molecule has 1 aliphatic carbocycles. The summed E-state index contributed by atoms with van der Waals surface area (Å²) in [7, 11) is 0. The maximum atomic E-state index is 11.6. The van der Waals surface area contributed by atoms with E-state index in [0.29, 0.717) is 13.0 Å². The molecule has 0 heterocycles. The molecule has 1 aromatic rings. The molecule has 0 spiro atoms. The standard InChI is InChI=1S/C15H18O2/c1-4-17-15(16)9-14-11(3)10(2)12-7-5-6-8-13(12)14/h5-8,14H,4,9H2,1-3H3. The van der Waals surface area contributed by atoms with Crippen LogP contribution in [0.1, 0.15) is 44.2 Å². The van der Waals surface area contributed by atoms with Crippen molar-refractivity contribution in [3.8, 4) is 0 Å². The van der Waals surface area contributed by atoms with Crippen LogP contribution in [0.4, 0.5) is 0 Å². The highest BCUT2D eigenvalue weighted by molar-refractivity contribution is 5.80. The van der Waals surface area contributed by atoms with Crippen molar-refractivity contribution in [2.75, 3.05) is 6.61 Å². The van der Waals surface area contributed by atoms with Crippen molar-refractivity contribution in [2.24, 2.45) is 0 Å². The molecule has 2 nitrogen and oxygen atoms in total. The largest absolute Gasteiger partial charge is 0.466 e. The lowest BCUT2D eigenvalue weighted by molar-refractivity contribution is -0.143. The third-order valence-corrected chi connectivity index (χ3v) is 3.53. The number of benzene rings is 1. The molecule has 0 N–H and O–H groups in total. The zero-order chi connectivity index (χ0) is 12.4. The van der Waals surface area contributed by atoms with Crippen molar-refractivity contribution in [3.05, 3.63) is 41.0 Å². The van der Waals surface area contributed by atoms with Gasteiger partial charge >= 0.3 is 5.97 Å². The average Bonchev–Trinajstić information content (AvgIpc) is 2.56. The Bertz CT molecular complexity index is 472. The van der Waals surface area contributed by atoms with E-state index in [2.05, 4.69) is 26.0 Å². The van der Waals surface area contributed by atoms with E-state index in [1.54, 1.807) is 0 Å². The molecule has 0 aromatic heterocycles. The average molecular weight is 230 g/mol. The van der Waals surface area contributed by atoms with E-state index < -0.39 is 0 Å². The van der Waals surface area contributed by atoms with Crippen LogP contribution in [0.15, 0.2) is 29.8 Å². The van der Waals surface area contributed by atoms with Gasteiger partial charge < -0.3 is 4.74 Å². The molecule has 0 amide bonds. The second kappa shape index (κ2) is 4.74. The fraction of sp³-hybridized carbons (Fsp3) is 0.400. The number of rotatable bonds is 3. The summed E-state index contributed by atoms with van der Waals surface area (Å²) in [5, 5.41) is 0. The van der Waals surface area contributed by atoms with E-state index in [-0.39, 0.29) is 11.9 Å². The van der Waals surface area contributed by atoms with Crippen LogP contribution in [0, 0.1) is 0 Å². The topological polar surface area (TPSA) is 26.3 Å². The van der Waals surface area contributed by atoms with Crippen LogP contribution < -0.4 is 0 Å². The Balaban J connectivity index is 2.27. The Morgan fingerprint density at radius 2 is 2.00 bits per heavy atom. The molecule has 1 unspecified atom stereocenters. The molecule has 1 aliphatic rings. The molecule has 0 aliphatic heterocycles. The van der Waals surface area contributed by atoms with Gasteiger partial charge in [0.1, 0.15) is 0 Å². The molecule has 17 heavy (non-hydrogen) atoms. The minimum atomic E-state index is -0.110. The molecule has 2 heteroatoms. The molecule has 2 rings (SSSR count). The molecule has 0 saturated carbocycles. The van der Waals surface area contributed by atoms with E-state index in [4.69, 9.17) is 4.74 Å². The first-order valence-corrected chi connectivity index (χ1v) is 6.07. The molecule has 0 bridgehead atoms. The van der Waals surface area contributed by atoms with Gasteiger partial charge in [0.25, 0.3) is 0 Å². The normalized spacial score (nSPS) is 18.2. The van der Waals surface area contributed by atoms with E-state index in [9.17, 15) is 4.79 Å². The van der Waals surface area contributed by atoms with Crippen molar-refractivity contribution in [3.63, 3.8) is 0 Å². The quantitative estimate of drug-likeness (QED) is 0.742. The number of fused-ring (bicyclic) bond motifs is 1. The van der Waals surface area contributed by atoms with Gasteiger partial charge in [-0.2, -0.15) is 0 Å². The molecule has 0 fully saturated rings. The van der Waals surface area contributed by atoms with Crippen LogP contribution in [-0.4, -0.2) is 12.6 Å². The second-order valence-corrected chi connectivity index (χ2v) is 4.46. The van der Waals surface area contributed by atoms with Gasteiger partial charge in [-0.05, 0) is 37.5 Å². The summed E-state index contributed by atoms with van der Waals surface area (Å²) in [6, 6.07) is 8.31. The Morgan fingerprint density at radius 1 is 1.29 bits per heavy atom. The van der Waals surface area contributed by atoms with Gasteiger partial charge in [0.15, 0.2) is 0 Å². The van der Waals surface area contributed by atoms with Crippen LogP contribution in [0.2, 0.25) is 0 Å². The van der Waals surface area contributed by atoms with Gasteiger partial charge in [0.05, 0.1) is 13.0 Å². The molecule has 0 radical (unpaired) electrons. The van der Waals surface area contributed by atoms with Crippen molar-refractivity contribution in [1.29, 1.82) is 0 Å². The van der Waals surface area contributed by atoms with E-state index in [1.165, 1.54) is 22.3 Å². The third kappa shape index (κ3) is 2.12. The van der Waals surface area contributed by atoms with Gasteiger partial charge in [-0.25, -0.2) is 0 Å². The van der Waals surface area contributed by atoms with Gasteiger partial charge in [-0.1, -0.05) is 29.8 Å². The Morgan fingerprint density at radius 3 is 2.71 bits per heavy atom. The first-order chi connectivity index (χ1) is 8.15. The fourth-order valence-corrected chi connectivity index (χ4v) is 2.50. The Labute approximate surface area is 102 Å². The van der Waals surface area contributed by atoms with Crippen molar-refractivity contribution >= 4 is 11.5 Å². The van der Waals surface area contributed by atoms with Crippen LogP contribution in [0.5, 0.6) is 0 Å². The fourth-order valence-electron chi connectivity index (χ4n) is 2.50. The van der Waals surface area contributed by atoms with Gasteiger partial charge in [0.2, 0.25) is 0 Å². The number of hydrogen-bond acceptors (Lipinski definition) is 2. The molecule has 90 valence electrons. The number of carbonyl (C=O) groups excluding carboxylic acids is 1. The van der Waals surface area contributed by atoms with E-state index in [0.717, 1.165) is 0 Å². The van der Waals surface area contributed by atoms with Crippen molar-refractivity contribution < 1.29 is 9.53 Å². The number of allylic oxidation sites excluding steroid dienone is 2. The van der Waals surface area contributed by atoms with Crippen molar-refractivity contribution in [1.82, 2.24) is 0 Å². The summed E-state index contributed by atoms with van der Waals surface area (Å²) in [5.41, 5.74) is 5.13. The van der Waals surface area contributed by atoms with E-state index in [1.807, 2.05) is 19.1 Å². The van der Waals surface area contributed by atoms with Gasteiger partial charge in [0, 0.05) is 5.92 Å². The van der Waals surface area contributed by atoms with Crippen LogP contribution in [0.3, 0.4) is 0 Å². The lowest BCUT2D eigenvalue weighted by Gasteiger charge is -2.13. The smallest absolute Gasteiger partial charge is 0.306 e. The first kappa shape index (κ1) is 11.9. The monoisotopic (exact) mass is 230 g/mol. The minimum Gasteiger partial charge on any atom is -0.466 e. The zero-order valence-corrected chi connectivity index (χ0v) is 10.6. The summed E-state index contributed by atoms with van der Waals surface area (Å²) in [6.07, 6.45) is 0.452. The number of carbonyl (C=O) groups is 1. The lowest BCUT2D eigenvalue weighted by Crippen LogP contribution is -2.10. The van der Waals surface area contributed by atoms with Crippen LogP contribution in [0.25, 0.3) is 5.57 Å². The van der Waals surface area contributed by atoms with Crippen LogP contribution in [-0.2, 0) is 9.53 Å². The highest BCUT2D eigenvalue weighted by Crippen LogP contribution is 2.43. The summed E-state index contributed by atoms with van der Waals surface area (Å²) in [5.74, 6) is 0.0894. The maximum absolute atomic E-state index is 11.6. The maximum Gasteiger partial charge on any atom is 0.306 e. The minimum absolute atomic E-state index is 0.110. The number of ether oxygens (including phenoxy) is 1. The van der Waals surface area contributed by atoms with Crippen LogP contribution >= 0.6 is 0 Å².